The van der Waals surface area contributed by atoms with Crippen molar-refractivity contribution in [2.24, 2.45) is 35.5 Å². The van der Waals surface area contributed by atoms with E-state index in [1.807, 2.05) is 65.0 Å². The number of piperidine rings is 1. The van der Waals surface area contributed by atoms with Crippen LogP contribution in [0.25, 0.3) is 0 Å². The summed E-state index contributed by atoms with van der Waals surface area (Å²) in [4.78, 5) is 58.5. The quantitative estimate of drug-likeness (QED) is 0.0771. The van der Waals surface area contributed by atoms with Crippen LogP contribution in [0.2, 0.25) is 0 Å². The zero-order chi connectivity index (χ0) is 53.1. The molecule has 15 nitrogen and oxygen atoms in total. The number of carbonyl (C=O) groups excluding carboxylic acids is 4. The van der Waals surface area contributed by atoms with Gasteiger partial charge in [0.2, 0.25) is 5.79 Å². The van der Waals surface area contributed by atoms with Crippen LogP contribution < -0.4 is 0 Å². The van der Waals surface area contributed by atoms with Crippen LogP contribution in [0.1, 0.15) is 139 Å². The number of fused-ring (bicyclic) bond motifs is 3. The molecule has 0 aromatic rings. The number of aliphatic hydroxyl groups is 4. The van der Waals surface area contributed by atoms with Crippen LogP contribution in [0.15, 0.2) is 47.6 Å². The maximum Gasteiger partial charge on any atom is 0.329 e. The fraction of sp³-hybridized carbons (Fsp3) is 0.754. The van der Waals surface area contributed by atoms with Gasteiger partial charge in [0.05, 0.1) is 43.7 Å². The van der Waals surface area contributed by atoms with E-state index >= 15 is 0 Å². The summed E-state index contributed by atoms with van der Waals surface area (Å²) in [5, 5.41) is 45.0. The fourth-order valence-corrected chi connectivity index (χ4v) is 10.9. The van der Waals surface area contributed by atoms with Gasteiger partial charge in [-0.25, -0.2) is 4.79 Å². The van der Waals surface area contributed by atoms with Crippen molar-refractivity contribution in [3.63, 3.8) is 0 Å². The fourth-order valence-electron chi connectivity index (χ4n) is 10.9. The molecule has 2 bridgehead atoms. The predicted molar refractivity (Wildman–Crippen MR) is 274 cm³/mol. The molecule has 1 saturated carbocycles. The average molecular weight is 1010 g/mol. The number of allylic oxidation sites excluding steroid dienone is 5. The van der Waals surface area contributed by atoms with Crippen molar-refractivity contribution in [2.45, 2.75) is 200 Å². The molecule has 4 aliphatic rings. The second kappa shape index (κ2) is 30.1. The maximum absolute atomic E-state index is 14.6. The van der Waals surface area contributed by atoms with Gasteiger partial charge in [0.15, 0.2) is 5.78 Å². The van der Waals surface area contributed by atoms with Gasteiger partial charge >= 0.3 is 5.97 Å². The Morgan fingerprint density at radius 1 is 0.861 bits per heavy atom. The number of hydrogen-bond donors (Lipinski definition) is 4. The Balaban J connectivity index is 1.72. The van der Waals surface area contributed by atoms with Gasteiger partial charge in [-0.05, 0) is 107 Å². The number of methoxy groups -OCH3 is 2. The second-order valence-corrected chi connectivity index (χ2v) is 21.1. The molecule has 16 atom stereocenters. The number of nitrogens with zero attached hydrogens (tertiary/aromatic N) is 1. The summed E-state index contributed by atoms with van der Waals surface area (Å²) in [6.45, 7) is 15.2. The van der Waals surface area contributed by atoms with Gasteiger partial charge in [0.1, 0.15) is 31.0 Å². The minimum absolute atomic E-state index is 0.0103. The Kier molecular flexibility index (Phi) is 25.5. The third-order valence-corrected chi connectivity index (χ3v) is 15.4. The number of carbonyl (C=O) groups is 4. The van der Waals surface area contributed by atoms with Crippen LogP contribution in [-0.4, -0.2) is 150 Å². The van der Waals surface area contributed by atoms with Crippen LogP contribution in [0.4, 0.5) is 0 Å². The Morgan fingerprint density at radius 3 is 2.31 bits per heavy atom. The molecular weight excluding hydrogens is 923 g/mol. The van der Waals surface area contributed by atoms with Crippen molar-refractivity contribution < 1.29 is 68.0 Å². The van der Waals surface area contributed by atoms with E-state index in [4.69, 9.17) is 28.4 Å². The SMILES string of the molecule is CCC#CCO[C@H]1C[C@@H]2CC[C@@H](C)[C@@](O)(O2)C(=O)C(=O)N2CCCC[C@H]2C(=O)O[C@H]([C@H](C)C[C@H]2CC[C@@H](OCCO)[C@H](OC)C2)C[C@H](O)[C@H](C)/C=C(\C)[C@@H](O)[C@@H](OC)C(=O)[C@H](C)C[C@H](C)/C=C/C=C/C=C/1C. The van der Waals surface area contributed by atoms with Crippen molar-refractivity contribution in [3.8, 4) is 11.8 Å². The normalized spacial score (nSPS) is 38.4. The largest absolute Gasteiger partial charge is 0.460 e. The second-order valence-electron chi connectivity index (χ2n) is 21.1. The molecule has 0 spiro atoms. The molecule has 3 fully saturated rings. The summed E-state index contributed by atoms with van der Waals surface area (Å²) in [6, 6.07) is -1.13. The van der Waals surface area contributed by atoms with Gasteiger partial charge in [0.25, 0.3) is 11.7 Å². The Hall–Kier alpha value is -3.56. The smallest absolute Gasteiger partial charge is 0.329 e. The van der Waals surface area contributed by atoms with Gasteiger partial charge in [0, 0.05) is 57.8 Å². The number of ketones is 2. The first-order valence-corrected chi connectivity index (χ1v) is 26.7. The third kappa shape index (κ3) is 17.2. The molecule has 15 heteroatoms. The number of amides is 1. The van der Waals surface area contributed by atoms with Crippen LogP contribution in [-0.2, 0) is 47.6 Å². The van der Waals surface area contributed by atoms with E-state index < -0.39 is 83.9 Å². The molecule has 0 aromatic heterocycles. The van der Waals surface area contributed by atoms with Crippen molar-refractivity contribution in [1.29, 1.82) is 0 Å². The van der Waals surface area contributed by atoms with E-state index in [1.54, 1.807) is 34.0 Å². The van der Waals surface area contributed by atoms with Gasteiger partial charge in [-0.1, -0.05) is 83.9 Å². The van der Waals surface area contributed by atoms with Crippen LogP contribution in [0.5, 0.6) is 0 Å². The first-order chi connectivity index (χ1) is 34.3. The number of Topliss-reactive ketones (excluding diaryl/α,β-unsaturated/α-hetero) is 2. The molecule has 2 saturated heterocycles. The number of rotatable bonds is 10. The predicted octanol–water partition coefficient (Wildman–Crippen LogP) is 6.77. The van der Waals surface area contributed by atoms with Crippen molar-refractivity contribution in [3.05, 3.63) is 47.6 Å². The zero-order valence-corrected chi connectivity index (χ0v) is 45.0. The van der Waals surface area contributed by atoms with Crippen molar-refractivity contribution in [2.75, 3.05) is 40.6 Å². The van der Waals surface area contributed by atoms with E-state index in [0.29, 0.717) is 63.4 Å². The molecule has 0 radical (unpaired) electrons. The number of cyclic esters (lactones) is 1. The summed E-state index contributed by atoms with van der Waals surface area (Å²) in [5.41, 5.74) is 1.30. The highest BCUT2D eigenvalue weighted by molar-refractivity contribution is 6.39. The van der Waals surface area contributed by atoms with Gasteiger partial charge in [-0.3, -0.25) is 14.4 Å². The molecule has 3 aliphatic heterocycles. The van der Waals surface area contributed by atoms with E-state index in [1.165, 1.54) is 12.0 Å². The molecule has 1 amide bonds. The summed E-state index contributed by atoms with van der Waals surface area (Å²) in [5.74, 6) is -1.36. The number of aliphatic hydroxyl groups excluding tert-OH is 3. The first kappa shape index (κ1) is 61.0. The molecule has 1 aliphatic carbocycles. The Labute approximate surface area is 430 Å². The zero-order valence-electron chi connectivity index (χ0n) is 45.0. The third-order valence-electron chi connectivity index (χ3n) is 15.4. The molecular formula is C57H89NO14. The van der Waals surface area contributed by atoms with E-state index in [-0.39, 0.29) is 81.4 Å². The Morgan fingerprint density at radius 2 is 1.61 bits per heavy atom. The molecule has 3 heterocycles. The van der Waals surface area contributed by atoms with E-state index in [2.05, 4.69) is 11.8 Å². The minimum Gasteiger partial charge on any atom is -0.460 e. The lowest BCUT2D eigenvalue weighted by atomic mass is 9.78. The Bertz CT molecular complexity index is 1940. The van der Waals surface area contributed by atoms with Crippen LogP contribution >= 0.6 is 0 Å². The maximum atomic E-state index is 14.6. The molecule has 0 aromatic carbocycles. The number of esters is 1. The summed E-state index contributed by atoms with van der Waals surface area (Å²) < 4.78 is 36.3. The monoisotopic (exact) mass is 1010 g/mol. The highest BCUT2D eigenvalue weighted by atomic mass is 16.6. The molecule has 4 N–H and O–H groups in total. The molecule has 72 heavy (non-hydrogen) atoms. The summed E-state index contributed by atoms with van der Waals surface area (Å²) in [6.07, 6.45) is 12.0. The number of ether oxygens (including phenoxy) is 6. The van der Waals surface area contributed by atoms with Gasteiger partial charge < -0.3 is 53.7 Å². The highest BCUT2D eigenvalue weighted by Crippen LogP contribution is 2.38. The van der Waals surface area contributed by atoms with Gasteiger partial charge in [-0.2, -0.15) is 0 Å². The topological polar surface area (TPSA) is 208 Å². The minimum atomic E-state index is -2.46. The lowest BCUT2D eigenvalue weighted by Crippen LogP contribution is -2.61. The van der Waals surface area contributed by atoms with E-state index in [0.717, 1.165) is 12.0 Å². The lowest BCUT2D eigenvalue weighted by molar-refractivity contribution is -0.265. The van der Waals surface area contributed by atoms with E-state index in [9.17, 15) is 39.6 Å². The van der Waals surface area contributed by atoms with Crippen molar-refractivity contribution >= 4 is 23.4 Å². The molecule has 4 rings (SSSR count). The van der Waals surface area contributed by atoms with Crippen LogP contribution in [0.3, 0.4) is 0 Å². The number of hydrogen-bond acceptors (Lipinski definition) is 14. The molecule has 0 unspecified atom stereocenters. The highest BCUT2D eigenvalue weighted by Gasteiger charge is 2.53. The first-order valence-electron chi connectivity index (χ1n) is 26.7. The molecule has 406 valence electrons. The summed E-state index contributed by atoms with van der Waals surface area (Å²) >= 11 is 0. The van der Waals surface area contributed by atoms with Gasteiger partial charge in [-0.15, -0.1) is 5.92 Å². The summed E-state index contributed by atoms with van der Waals surface area (Å²) in [7, 11) is 3.04. The van der Waals surface area contributed by atoms with Crippen molar-refractivity contribution in [1.82, 2.24) is 4.90 Å². The lowest BCUT2D eigenvalue weighted by Gasteiger charge is -2.43. The average Bonchev–Trinajstić information content (AvgIpc) is 3.36. The van der Waals surface area contributed by atoms with Crippen LogP contribution in [0, 0.1) is 47.3 Å². The standard InChI is InChI=1S/C57H89NO14/c1-11-12-18-28-69-48-34-44-24-22-42(8)57(66,72-44)54(63)55(64)58-26-17-16-21-45(58)56(65)71-49(39(5)32-43-23-25-47(70-29-27-59)50(33-43)67-9)35-46(60)38(4)31-41(7)52(62)53(68-10)51(61)40(6)30-36(2)19-14-13-15-20-37(48)3/h13-15,19-20,31,36,38-40,42-50,52-53,59-60,62,66H,11,16-17,21-30,32-35H2,1-10H3/b15-13+,19-14+,37-20+,41-31+/t36-,38-,39-,40-,42-,43-,44+,45+,46+,47-,48+,49+,50-,52-,53+,57-/m1/s1.